The lowest BCUT2D eigenvalue weighted by molar-refractivity contribution is 0.104. The number of nitrogens with zero attached hydrogens (tertiary/aromatic N) is 1. The molecule has 0 bridgehead atoms. The van der Waals surface area contributed by atoms with Crippen LogP contribution in [-0.2, 0) is 0 Å². The molecule has 1 aromatic carbocycles. The molecule has 0 radical (unpaired) electrons. The van der Waals surface area contributed by atoms with E-state index >= 15 is 0 Å². The molecular weight excluding hydrogens is 287 g/mol. The first-order valence-electron chi connectivity index (χ1n) is 6.15. The van der Waals surface area contributed by atoms with E-state index in [1.807, 2.05) is 23.6 Å². The molecule has 2 heterocycles. The smallest absolute Gasteiger partial charge is 0.205 e. The summed E-state index contributed by atoms with van der Waals surface area (Å²) >= 11 is 1.45. The van der Waals surface area contributed by atoms with Gasteiger partial charge in [-0.25, -0.2) is 4.39 Å². The first kappa shape index (κ1) is 13.3. The predicted octanol–water partition coefficient (Wildman–Crippen LogP) is 4.16. The molecule has 0 saturated carbocycles. The van der Waals surface area contributed by atoms with E-state index in [2.05, 4.69) is 4.98 Å². The quantitative estimate of drug-likeness (QED) is 0.448. The Morgan fingerprint density at radius 1 is 1.38 bits per heavy atom. The molecular formula is C16H9FN2OS. The zero-order chi connectivity index (χ0) is 14.8. The summed E-state index contributed by atoms with van der Waals surface area (Å²) in [6, 6.07) is 9.77. The largest absolute Gasteiger partial charge is 0.360 e. The maximum atomic E-state index is 13.2. The number of aromatic amines is 1. The zero-order valence-corrected chi connectivity index (χ0v) is 11.6. The minimum absolute atomic E-state index is 0.0580. The summed E-state index contributed by atoms with van der Waals surface area (Å²) in [5.41, 5.74) is 0.962. The summed E-state index contributed by atoms with van der Waals surface area (Å²) in [5, 5.41) is 11.7. The molecule has 3 nitrogen and oxygen atoms in total. The topological polar surface area (TPSA) is 56.6 Å². The average Bonchev–Trinajstić information content (AvgIpc) is 3.12. The highest BCUT2D eigenvalue weighted by Gasteiger charge is 2.17. The highest BCUT2D eigenvalue weighted by molar-refractivity contribution is 7.10. The lowest BCUT2D eigenvalue weighted by atomic mass is 10.0. The van der Waals surface area contributed by atoms with Crippen LogP contribution in [0.15, 0.2) is 47.5 Å². The number of aromatic nitrogens is 1. The molecule has 102 valence electrons. The van der Waals surface area contributed by atoms with Crippen molar-refractivity contribution in [3.05, 3.63) is 63.7 Å². The number of thiophene rings is 1. The fourth-order valence-corrected chi connectivity index (χ4v) is 2.75. The summed E-state index contributed by atoms with van der Waals surface area (Å²) in [6.07, 6.45) is 3.07. The minimum Gasteiger partial charge on any atom is -0.360 e. The van der Waals surface area contributed by atoms with E-state index in [9.17, 15) is 14.4 Å². The number of H-pyrrole nitrogens is 1. The van der Waals surface area contributed by atoms with Crippen LogP contribution in [0.1, 0.15) is 15.2 Å². The lowest BCUT2D eigenvalue weighted by Crippen LogP contribution is -2.00. The van der Waals surface area contributed by atoms with Crippen molar-refractivity contribution in [3.8, 4) is 6.07 Å². The number of carbonyl (C=O) groups is 1. The molecule has 3 rings (SSSR count). The van der Waals surface area contributed by atoms with Crippen molar-refractivity contribution < 1.29 is 9.18 Å². The number of allylic oxidation sites excluding steroid dienone is 1. The van der Waals surface area contributed by atoms with Crippen LogP contribution < -0.4 is 0 Å². The number of nitriles is 1. The molecule has 2 aromatic heterocycles. The van der Waals surface area contributed by atoms with E-state index in [1.165, 1.54) is 35.7 Å². The third-order valence-corrected chi connectivity index (χ3v) is 3.90. The van der Waals surface area contributed by atoms with Crippen molar-refractivity contribution in [3.63, 3.8) is 0 Å². The summed E-state index contributed by atoms with van der Waals surface area (Å²) < 4.78 is 13.2. The second kappa shape index (κ2) is 5.35. The SMILES string of the molecule is N#C/C(=C/c1cccs1)C(=O)c1c[nH]c2cc(F)ccc12. The van der Waals surface area contributed by atoms with Crippen LogP contribution in [0.3, 0.4) is 0 Å². The molecule has 0 spiro atoms. The number of hydrogen-bond donors (Lipinski definition) is 1. The number of fused-ring (bicyclic) bond motifs is 1. The van der Waals surface area contributed by atoms with Gasteiger partial charge in [0.25, 0.3) is 0 Å². The average molecular weight is 296 g/mol. The van der Waals surface area contributed by atoms with E-state index < -0.39 is 0 Å². The Bertz CT molecular complexity index is 885. The van der Waals surface area contributed by atoms with Gasteiger partial charge in [-0.15, -0.1) is 11.3 Å². The van der Waals surface area contributed by atoms with Crippen molar-refractivity contribution in [2.45, 2.75) is 0 Å². The second-order valence-corrected chi connectivity index (χ2v) is 5.39. The second-order valence-electron chi connectivity index (χ2n) is 4.41. The van der Waals surface area contributed by atoms with Gasteiger partial charge in [0.15, 0.2) is 0 Å². The van der Waals surface area contributed by atoms with Gasteiger partial charge < -0.3 is 4.98 Å². The highest BCUT2D eigenvalue weighted by atomic mass is 32.1. The van der Waals surface area contributed by atoms with Crippen molar-refractivity contribution in [2.24, 2.45) is 0 Å². The monoisotopic (exact) mass is 296 g/mol. The Balaban J connectivity index is 2.06. The number of rotatable bonds is 3. The zero-order valence-electron chi connectivity index (χ0n) is 10.8. The van der Waals surface area contributed by atoms with Crippen LogP contribution in [0, 0.1) is 17.1 Å². The van der Waals surface area contributed by atoms with Gasteiger partial charge in [-0.2, -0.15) is 5.26 Å². The normalized spacial score (nSPS) is 11.5. The number of hydrogen-bond acceptors (Lipinski definition) is 3. The number of ketones is 1. The van der Waals surface area contributed by atoms with Crippen molar-refractivity contribution >= 4 is 34.1 Å². The maximum absolute atomic E-state index is 13.2. The molecule has 0 aliphatic heterocycles. The molecule has 0 saturated heterocycles. The van der Waals surface area contributed by atoms with E-state index in [4.69, 9.17) is 0 Å². The predicted molar refractivity (Wildman–Crippen MR) is 80.5 cm³/mol. The van der Waals surface area contributed by atoms with E-state index in [1.54, 1.807) is 6.08 Å². The maximum Gasteiger partial charge on any atom is 0.205 e. The first-order valence-corrected chi connectivity index (χ1v) is 7.03. The molecule has 0 fully saturated rings. The van der Waals surface area contributed by atoms with Gasteiger partial charge in [0, 0.05) is 27.5 Å². The number of nitrogens with one attached hydrogen (secondary N) is 1. The van der Waals surface area contributed by atoms with Crippen LogP contribution in [0.2, 0.25) is 0 Å². The lowest BCUT2D eigenvalue weighted by Gasteiger charge is -1.97. The summed E-state index contributed by atoms with van der Waals surface area (Å²) in [5.74, 6) is -0.748. The number of halogens is 1. The number of benzene rings is 1. The molecule has 3 aromatic rings. The Morgan fingerprint density at radius 2 is 2.24 bits per heavy atom. The third-order valence-electron chi connectivity index (χ3n) is 3.08. The molecule has 0 aliphatic rings. The first-order chi connectivity index (χ1) is 10.2. The molecule has 0 atom stereocenters. The Morgan fingerprint density at radius 3 is 2.95 bits per heavy atom. The molecule has 5 heteroatoms. The molecule has 1 N–H and O–H groups in total. The molecule has 21 heavy (non-hydrogen) atoms. The third kappa shape index (κ3) is 2.49. The van der Waals surface area contributed by atoms with Crippen LogP contribution >= 0.6 is 11.3 Å². The van der Waals surface area contributed by atoms with Gasteiger partial charge in [-0.3, -0.25) is 4.79 Å². The fraction of sp³-hybridized carbons (Fsp3) is 0. The van der Waals surface area contributed by atoms with Gasteiger partial charge in [0.05, 0.1) is 0 Å². The number of carbonyl (C=O) groups excluding carboxylic acids is 1. The standard InChI is InChI=1S/C16H9FN2OS/c17-11-3-4-13-14(9-19-15(13)7-11)16(20)10(8-18)6-12-2-1-5-21-12/h1-7,9,19H/b10-6-. The fourth-order valence-electron chi connectivity index (χ4n) is 2.10. The van der Waals surface area contributed by atoms with Crippen molar-refractivity contribution in [2.75, 3.05) is 0 Å². The molecule has 0 unspecified atom stereocenters. The van der Waals surface area contributed by atoms with Crippen LogP contribution in [0.25, 0.3) is 17.0 Å². The van der Waals surface area contributed by atoms with Gasteiger partial charge in [0.1, 0.15) is 17.5 Å². The van der Waals surface area contributed by atoms with Gasteiger partial charge in [-0.1, -0.05) is 6.07 Å². The highest BCUT2D eigenvalue weighted by Crippen LogP contribution is 2.23. The number of Topliss-reactive ketones (excluding diaryl/α,β-unsaturated/α-hetero) is 1. The Hall–Kier alpha value is -2.71. The van der Waals surface area contributed by atoms with Gasteiger partial charge >= 0.3 is 0 Å². The molecule has 0 amide bonds. The van der Waals surface area contributed by atoms with E-state index in [0.29, 0.717) is 16.5 Å². The van der Waals surface area contributed by atoms with Gasteiger partial charge in [0.2, 0.25) is 5.78 Å². The van der Waals surface area contributed by atoms with Crippen LogP contribution in [0.4, 0.5) is 4.39 Å². The van der Waals surface area contributed by atoms with Gasteiger partial charge in [-0.05, 0) is 35.7 Å². The Kier molecular flexibility index (Phi) is 3.38. The Labute approximate surface area is 124 Å². The van der Waals surface area contributed by atoms with Crippen LogP contribution in [-0.4, -0.2) is 10.8 Å². The molecule has 0 aliphatic carbocycles. The summed E-state index contributed by atoms with van der Waals surface area (Å²) in [7, 11) is 0. The van der Waals surface area contributed by atoms with Crippen LogP contribution in [0.5, 0.6) is 0 Å². The summed E-state index contributed by atoms with van der Waals surface area (Å²) in [4.78, 5) is 16.2. The minimum atomic E-state index is -0.377. The van der Waals surface area contributed by atoms with E-state index in [-0.39, 0.29) is 17.2 Å². The van der Waals surface area contributed by atoms with Crippen molar-refractivity contribution in [1.82, 2.24) is 4.98 Å². The summed E-state index contributed by atoms with van der Waals surface area (Å²) in [6.45, 7) is 0. The van der Waals surface area contributed by atoms with E-state index in [0.717, 1.165) is 4.88 Å². The van der Waals surface area contributed by atoms with Crippen molar-refractivity contribution in [1.29, 1.82) is 5.26 Å².